The molecular formula is C20H17N3O4. The van der Waals surface area contributed by atoms with Gasteiger partial charge in [-0.2, -0.15) is 0 Å². The molecule has 0 spiro atoms. The Balaban J connectivity index is 1.66. The summed E-state index contributed by atoms with van der Waals surface area (Å²) in [5, 5.41) is 13.3. The van der Waals surface area contributed by atoms with Gasteiger partial charge < -0.3 is 14.5 Å². The molecule has 1 amide bonds. The van der Waals surface area contributed by atoms with Crippen LogP contribution < -0.4 is 10.9 Å². The zero-order valence-corrected chi connectivity index (χ0v) is 14.8. The fourth-order valence-electron chi connectivity index (χ4n) is 3.21. The van der Waals surface area contributed by atoms with Gasteiger partial charge in [0.15, 0.2) is 0 Å². The molecule has 136 valence electrons. The number of nitrogens with zero attached hydrogens (tertiary/aromatic N) is 1. The Morgan fingerprint density at radius 1 is 1.26 bits per heavy atom. The number of nitrogens with one attached hydrogen (secondary N) is 2. The van der Waals surface area contributed by atoms with Crippen LogP contribution in [0.3, 0.4) is 0 Å². The summed E-state index contributed by atoms with van der Waals surface area (Å²) in [5.74, 6) is -0.0805. The normalized spacial score (nSPS) is 11.2. The first-order chi connectivity index (χ1) is 12.9. The molecule has 0 aliphatic rings. The van der Waals surface area contributed by atoms with Crippen molar-refractivity contribution >= 4 is 33.9 Å². The van der Waals surface area contributed by atoms with Crippen molar-refractivity contribution in [1.29, 1.82) is 0 Å². The first-order valence-corrected chi connectivity index (χ1v) is 8.43. The molecule has 0 bridgehead atoms. The molecule has 0 unspecified atom stereocenters. The van der Waals surface area contributed by atoms with Gasteiger partial charge in [-0.25, -0.2) is 9.78 Å². The average molecular weight is 363 g/mol. The Labute approximate surface area is 153 Å². The molecule has 7 nitrogen and oxygen atoms in total. The van der Waals surface area contributed by atoms with E-state index >= 15 is 0 Å². The van der Waals surface area contributed by atoms with E-state index in [1.54, 1.807) is 26.0 Å². The zero-order chi connectivity index (χ0) is 19.1. The van der Waals surface area contributed by atoms with Crippen LogP contribution in [0, 0.1) is 13.8 Å². The summed E-state index contributed by atoms with van der Waals surface area (Å²) in [6, 6.07) is 10.7. The number of hydrogen-bond acceptors (Lipinski definition) is 5. The first-order valence-electron chi connectivity index (χ1n) is 8.43. The molecule has 4 aromatic rings. The Hall–Kier alpha value is -3.61. The maximum absolute atomic E-state index is 12.4. The third-order valence-corrected chi connectivity index (χ3v) is 4.49. The number of carbonyl (C=O) groups is 1. The van der Waals surface area contributed by atoms with E-state index < -0.39 is 11.5 Å². The van der Waals surface area contributed by atoms with Crippen LogP contribution in [0.2, 0.25) is 0 Å². The smallest absolute Gasteiger partial charge is 0.340 e. The number of H-pyrrole nitrogens is 1. The second-order valence-corrected chi connectivity index (χ2v) is 6.48. The van der Waals surface area contributed by atoms with Crippen molar-refractivity contribution in [3.05, 3.63) is 63.5 Å². The minimum Gasteiger partial charge on any atom is -0.507 e. The number of aromatic nitrogens is 2. The zero-order valence-electron chi connectivity index (χ0n) is 14.8. The van der Waals surface area contributed by atoms with E-state index in [2.05, 4.69) is 15.3 Å². The summed E-state index contributed by atoms with van der Waals surface area (Å²) >= 11 is 0. The fraction of sp³-hybridized carbons (Fsp3) is 0.150. The van der Waals surface area contributed by atoms with E-state index in [-0.39, 0.29) is 17.7 Å². The molecule has 2 heterocycles. The average Bonchev–Trinajstić information content (AvgIpc) is 2.99. The van der Waals surface area contributed by atoms with Crippen molar-refractivity contribution in [2.75, 3.05) is 5.32 Å². The number of aromatic hydroxyl groups is 1. The summed E-state index contributed by atoms with van der Waals surface area (Å²) in [4.78, 5) is 32.1. The van der Waals surface area contributed by atoms with Gasteiger partial charge in [0.25, 0.3) is 0 Å². The molecule has 2 aromatic carbocycles. The van der Waals surface area contributed by atoms with Gasteiger partial charge in [-0.05, 0) is 49.2 Å². The van der Waals surface area contributed by atoms with E-state index in [0.29, 0.717) is 22.5 Å². The molecule has 0 radical (unpaired) electrons. The number of anilines is 1. The number of benzene rings is 2. The van der Waals surface area contributed by atoms with Crippen molar-refractivity contribution < 1.29 is 14.3 Å². The Morgan fingerprint density at radius 3 is 2.81 bits per heavy atom. The fourth-order valence-corrected chi connectivity index (χ4v) is 3.21. The van der Waals surface area contributed by atoms with Gasteiger partial charge in [0, 0.05) is 0 Å². The highest BCUT2D eigenvalue weighted by Crippen LogP contribution is 2.30. The molecule has 27 heavy (non-hydrogen) atoms. The lowest BCUT2D eigenvalue weighted by Gasteiger charge is -2.09. The van der Waals surface area contributed by atoms with Crippen molar-refractivity contribution in [3.8, 4) is 5.75 Å². The summed E-state index contributed by atoms with van der Waals surface area (Å²) < 4.78 is 5.32. The number of carbonyl (C=O) groups excluding carboxylic acids is 1. The minimum absolute atomic E-state index is 0.0187. The summed E-state index contributed by atoms with van der Waals surface area (Å²) in [5.41, 5.74) is 2.75. The van der Waals surface area contributed by atoms with Gasteiger partial charge in [0.2, 0.25) is 11.9 Å². The molecule has 0 saturated heterocycles. The summed E-state index contributed by atoms with van der Waals surface area (Å²) in [6.45, 7) is 3.49. The van der Waals surface area contributed by atoms with E-state index in [9.17, 15) is 14.7 Å². The number of imidazole rings is 1. The van der Waals surface area contributed by atoms with Crippen molar-refractivity contribution in [2.45, 2.75) is 20.3 Å². The number of aromatic amines is 1. The first kappa shape index (κ1) is 16.8. The molecule has 3 N–H and O–H groups in total. The lowest BCUT2D eigenvalue weighted by molar-refractivity contribution is -0.115. The van der Waals surface area contributed by atoms with Crippen molar-refractivity contribution in [3.63, 3.8) is 0 Å². The highest BCUT2D eigenvalue weighted by molar-refractivity contribution is 5.94. The van der Waals surface area contributed by atoms with Gasteiger partial charge in [-0.15, -0.1) is 0 Å². The van der Waals surface area contributed by atoms with E-state index in [0.717, 1.165) is 16.6 Å². The largest absolute Gasteiger partial charge is 0.507 e. The lowest BCUT2D eigenvalue weighted by Crippen LogP contribution is -2.21. The quantitative estimate of drug-likeness (QED) is 0.485. The molecule has 0 saturated carbocycles. The summed E-state index contributed by atoms with van der Waals surface area (Å²) in [7, 11) is 0. The van der Waals surface area contributed by atoms with E-state index in [1.165, 1.54) is 0 Å². The second kappa shape index (κ2) is 6.28. The number of fused-ring (bicyclic) bond motifs is 2. The Kier molecular flexibility index (Phi) is 3.92. The monoisotopic (exact) mass is 363 g/mol. The lowest BCUT2D eigenvalue weighted by atomic mass is 10.0. The van der Waals surface area contributed by atoms with Gasteiger partial charge >= 0.3 is 5.63 Å². The number of para-hydroxylation sites is 2. The number of phenols is 1. The van der Waals surface area contributed by atoms with Crippen LogP contribution in [0.1, 0.15) is 16.7 Å². The third kappa shape index (κ3) is 3.03. The van der Waals surface area contributed by atoms with Crippen LogP contribution in [0.15, 0.2) is 45.6 Å². The number of rotatable bonds is 3. The van der Waals surface area contributed by atoms with Crippen LogP contribution in [-0.4, -0.2) is 21.0 Å². The van der Waals surface area contributed by atoms with Gasteiger partial charge in [0.1, 0.15) is 11.3 Å². The SMILES string of the molecule is Cc1cc(O)c2c(C)c(CC(=O)Nc3nc4ccccc4[nH]3)c(=O)oc2c1. The number of aryl methyl sites for hydroxylation is 2. The molecular weight excluding hydrogens is 346 g/mol. The Bertz CT molecular complexity index is 1220. The standard InChI is InChI=1S/C20H17N3O4/c1-10-7-15(24)18-11(2)12(19(26)27-16(18)8-10)9-17(25)23-20-21-13-5-3-4-6-14(13)22-20/h3-8,24H,9H2,1-2H3,(H2,21,22,23,25). The van der Waals surface area contributed by atoms with Gasteiger partial charge in [-0.3, -0.25) is 10.1 Å². The van der Waals surface area contributed by atoms with Crippen LogP contribution in [-0.2, 0) is 11.2 Å². The topological polar surface area (TPSA) is 108 Å². The van der Waals surface area contributed by atoms with Gasteiger partial charge in [-0.1, -0.05) is 12.1 Å². The summed E-state index contributed by atoms with van der Waals surface area (Å²) in [6.07, 6.45) is -0.186. The van der Waals surface area contributed by atoms with Crippen LogP contribution in [0.4, 0.5) is 5.95 Å². The maximum atomic E-state index is 12.4. The van der Waals surface area contributed by atoms with E-state index in [1.807, 2.05) is 24.3 Å². The van der Waals surface area contributed by atoms with Crippen LogP contribution in [0.25, 0.3) is 22.0 Å². The molecule has 0 aliphatic carbocycles. The molecule has 0 aliphatic heterocycles. The predicted molar refractivity (Wildman–Crippen MR) is 102 cm³/mol. The van der Waals surface area contributed by atoms with Crippen LogP contribution in [0.5, 0.6) is 5.75 Å². The van der Waals surface area contributed by atoms with Crippen molar-refractivity contribution in [1.82, 2.24) is 9.97 Å². The highest BCUT2D eigenvalue weighted by Gasteiger charge is 2.18. The van der Waals surface area contributed by atoms with E-state index in [4.69, 9.17) is 4.42 Å². The highest BCUT2D eigenvalue weighted by atomic mass is 16.4. The third-order valence-electron chi connectivity index (χ3n) is 4.49. The molecule has 4 rings (SSSR count). The molecule has 0 atom stereocenters. The van der Waals surface area contributed by atoms with Crippen molar-refractivity contribution in [2.24, 2.45) is 0 Å². The molecule has 2 aromatic heterocycles. The van der Waals surface area contributed by atoms with Gasteiger partial charge in [0.05, 0.1) is 28.4 Å². The molecule has 0 fully saturated rings. The number of amides is 1. The number of phenolic OH excluding ortho intramolecular Hbond substituents is 1. The second-order valence-electron chi connectivity index (χ2n) is 6.48. The maximum Gasteiger partial charge on any atom is 0.340 e. The predicted octanol–water partition coefficient (Wildman–Crippen LogP) is 3.17. The van der Waals surface area contributed by atoms with Crippen LogP contribution >= 0.6 is 0 Å². The minimum atomic E-state index is -0.593. The molecule has 7 heteroatoms. The number of hydrogen-bond donors (Lipinski definition) is 3. The Morgan fingerprint density at radius 2 is 2.04 bits per heavy atom.